The fourth-order valence-corrected chi connectivity index (χ4v) is 2.79. The third-order valence-corrected chi connectivity index (χ3v) is 4.07. The molecule has 0 aliphatic heterocycles. The number of nitrogens with one attached hydrogen (secondary N) is 3. The second-order valence-electron chi connectivity index (χ2n) is 5.77. The highest BCUT2D eigenvalue weighted by Crippen LogP contribution is 2.22. The molecule has 0 saturated heterocycles. The molecule has 2 aromatic carbocycles. The topological polar surface area (TPSA) is 74.0 Å². The monoisotopic (exact) mass is 321 g/mol. The van der Waals surface area contributed by atoms with Crippen LogP contribution in [0.15, 0.2) is 48.5 Å². The Morgan fingerprint density at radius 3 is 2.46 bits per heavy atom. The van der Waals surface area contributed by atoms with E-state index in [2.05, 4.69) is 15.8 Å². The molecule has 2 amide bonds. The van der Waals surface area contributed by atoms with Crippen molar-refractivity contribution >= 4 is 22.7 Å². The van der Waals surface area contributed by atoms with E-state index in [-0.39, 0.29) is 18.2 Å². The summed E-state index contributed by atoms with van der Waals surface area (Å²) in [6.45, 7) is 3.79. The van der Waals surface area contributed by atoms with Crippen LogP contribution >= 0.6 is 0 Å². The van der Waals surface area contributed by atoms with Crippen LogP contribution in [0.2, 0.25) is 0 Å². The van der Waals surface area contributed by atoms with E-state index in [9.17, 15) is 9.59 Å². The summed E-state index contributed by atoms with van der Waals surface area (Å²) in [6, 6.07) is 15.1. The van der Waals surface area contributed by atoms with Crippen LogP contribution in [0.5, 0.6) is 0 Å². The Morgan fingerprint density at radius 1 is 0.958 bits per heavy atom. The van der Waals surface area contributed by atoms with Gasteiger partial charge in [0.25, 0.3) is 5.91 Å². The van der Waals surface area contributed by atoms with E-state index < -0.39 is 0 Å². The molecule has 1 aromatic heterocycles. The van der Waals surface area contributed by atoms with Gasteiger partial charge in [-0.05, 0) is 37.1 Å². The number of carbonyl (C=O) groups is 2. The number of aromatic amines is 1. The van der Waals surface area contributed by atoms with Crippen LogP contribution in [-0.4, -0.2) is 16.8 Å². The summed E-state index contributed by atoms with van der Waals surface area (Å²) in [5, 5.41) is 1.02. The molecular weight excluding hydrogens is 302 g/mol. The maximum atomic E-state index is 12.2. The van der Waals surface area contributed by atoms with Gasteiger partial charge in [0, 0.05) is 22.2 Å². The van der Waals surface area contributed by atoms with Crippen LogP contribution in [0.1, 0.15) is 27.2 Å². The van der Waals surface area contributed by atoms with Crippen molar-refractivity contribution in [2.24, 2.45) is 0 Å². The lowest BCUT2D eigenvalue weighted by Gasteiger charge is -2.09. The van der Waals surface area contributed by atoms with Crippen LogP contribution in [0, 0.1) is 13.8 Å². The van der Waals surface area contributed by atoms with Crippen LogP contribution in [-0.2, 0) is 11.2 Å². The largest absolute Gasteiger partial charge is 0.358 e. The normalized spacial score (nSPS) is 10.6. The minimum absolute atomic E-state index is 0.198. The number of hydrogen-bond donors (Lipinski definition) is 3. The lowest BCUT2D eigenvalue weighted by molar-refractivity contribution is -0.121. The number of hydrazine groups is 1. The molecule has 0 bridgehead atoms. The second-order valence-corrected chi connectivity index (χ2v) is 5.77. The van der Waals surface area contributed by atoms with E-state index in [1.54, 1.807) is 12.1 Å². The van der Waals surface area contributed by atoms with E-state index in [0.717, 1.165) is 27.7 Å². The number of hydrogen-bond acceptors (Lipinski definition) is 2. The number of aromatic nitrogens is 1. The van der Waals surface area contributed by atoms with Crippen molar-refractivity contribution in [3.8, 4) is 0 Å². The quantitative estimate of drug-likeness (QED) is 0.649. The number of amides is 2. The molecule has 3 rings (SSSR count). The fraction of sp³-hybridized carbons (Fsp3) is 0.158. The lowest BCUT2D eigenvalue weighted by Crippen LogP contribution is -2.42. The van der Waals surface area contributed by atoms with Gasteiger partial charge in [0.1, 0.15) is 0 Å². The number of rotatable bonds is 3. The Morgan fingerprint density at radius 2 is 1.67 bits per heavy atom. The van der Waals surface area contributed by atoms with Gasteiger partial charge in [-0.15, -0.1) is 0 Å². The highest BCUT2D eigenvalue weighted by atomic mass is 16.2. The van der Waals surface area contributed by atoms with Gasteiger partial charge in [-0.3, -0.25) is 20.4 Å². The van der Waals surface area contributed by atoms with Crippen molar-refractivity contribution < 1.29 is 9.59 Å². The second kappa shape index (κ2) is 6.58. The summed E-state index contributed by atoms with van der Waals surface area (Å²) in [7, 11) is 0. The molecule has 3 N–H and O–H groups in total. The highest BCUT2D eigenvalue weighted by Gasteiger charge is 2.13. The smallest absolute Gasteiger partial charge is 0.269 e. The number of H-pyrrole nitrogens is 1. The molecule has 3 aromatic rings. The molecule has 5 nitrogen and oxygen atoms in total. The zero-order valence-corrected chi connectivity index (χ0v) is 13.6. The summed E-state index contributed by atoms with van der Waals surface area (Å²) in [4.78, 5) is 27.6. The van der Waals surface area contributed by atoms with E-state index in [4.69, 9.17) is 0 Å². The summed E-state index contributed by atoms with van der Waals surface area (Å²) >= 11 is 0. The molecule has 0 aliphatic carbocycles. The van der Waals surface area contributed by atoms with E-state index in [1.807, 2.05) is 50.2 Å². The Bertz CT molecular complexity index is 912. The molecule has 0 unspecified atom stereocenters. The molecule has 0 atom stereocenters. The highest BCUT2D eigenvalue weighted by molar-refractivity contribution is 5.97. The van der Waals surface area contributed by atoms with Gasteiger partial charge in [0.15, 0.2) is 0 Å². The molecule has 0 radical (unpaired) electrons. The number of fused-ring (bicyclic) bond motifs is 1. The Hall–Kier alpha value is -3.08. The molecule has 122 valence electrons. The summed E-state index contributed by atoms with van der Waals surface area (Å²) < 4.78 is 0. The number of carbonyl (C=O) groups excluding carboxylic acids is 2. The van der Waals surface area contributed by atoms with Crippen molar-refractivity contribution in [3.63, 3.8) is 0 Å². The maximum Gasteiger partial charge on any atom is 0.269 e. The van der Waals surface area contributed by atoms with Gasteiger partial charge in [-0.2, -0.15) is 0 Å². The Kier molecular flexibility index (Phi) is 4.33. The molecule has 0 saturated carbocycles. The van der Waals surface area contributed by atoms with E-state index >= 15 is 0 Å². The molecule has 0 spiro atoms. The molecule has 24 heavy (non-hydrogen) atoms. The molecule has 0 fully saturated rings. The van der Waals surface area contributed by atoms with Crippen LogP contribution < -0.4 is 10.9 Å². The summed E-state index contributed by atoms with van der Waals surface area (Å²) in [5.41, 5.74) is 9.25. The van der Waals surface area contributed by atoms with E-state index in [0.29, 0.717) is 5.56 Å². The van der Waals surface area contributed by atoms with Gasteiger partial charge in [0.2, 0.25) is 5.91 Å². The van der Waals surface area contributed by atoms with Crippen molar-refractivity contribution in [1.29, 1.82) is 0 Å². The first-order valence-corrected chi connectivity index (χ1v) is 7.77. The van der Waals surface area contributed by atoms with Crippen molar-refractivity contribution in [2.45, 2.75) is 20.3 Å². The number of aryl methyl sites for hydroxylation is 2. The van der Waals surface area contributed by atoms with Gasteiger partial charge in [0.05, 0.1) is 6.42 Å². The standard InChI is InChI=1S/C19H19N3O2/c1-12-7-3-4-8-14(12)19(24)22-21-18(23)11-16-13(2)20-17-10-6-5-9-15(16)17/h3-10,20H,11H2,1-2H3,(H,21,23)(H,22,24). The third kappa shape index (κ3) is 3.15. The zero-order valence-electron chi connectivity index (χ0n) is 13.6. The Labute approximate surface area is 140 Å². The first-order valence-electron chi connectivity index (χ1n) is 7.77. The summed E-state index contributed by atoms with van der Waals surface area (Å²) in [6.07, 6.45) is 0.198. The van der Waals surface area contributed by atoms with Crippen molar-refractivity contribution in [3.05, 3.63) is 70.9 Å². The lowest BCUT2D eigenvalue weighted by atomic mass is 10.1. The average Bonchev–Trinajstić information content (AvgIpc) is 2.89. The number of para-hydroxylation sites is 1. The van der Waals surface area contributed by atoms with Gasteiger partial charge in [-0.1, -0.05) is 36.4 Å². The van der Waals surface area contributed by atoms with Crippen LogP contribution in [0.25, 0.3) is 10.9 Å². The third-order valence-electron chi connectivity index (χ3n) is 4.07. The SMILES string of the molecule is Cc1ccccc1C(=O)NNC(=O)Cc1c(C)[nH]c2ccccc12. The molecule has 0 aliphatic rings. The predicted molar refractivity (Wildman–Crippen MR) is 93.5 cm³/mol. The van der Waals surface area contributed by atoms with Crippen LogP contribution in [0.3, 0.4) is 0 Å². The molecule has 5 heteroatoms. The fourth-order valence-electron chi connectivity index (χ4n) is 2.79. The van der Waals surface area contributed by atoms with Gasteiger partial charge < -0.3 is 4.98 Å². The van der Waals surface area contributed by atoms with Crippen molar-refractivity contribution in [2.75, 3.05) is 0 Å². The first kappa shape index (κ1) is 15.8. The number of benzene rings is 2. The van der Waals surface area contributed by atoms with Crippen LogP contribution in [0.4, 0.5) is 0 Å². The van der Waals surface area contributed by atoms with Gasteiger partial charge in [-0.25, -0.2) is 0 Å². The first-order chi connectivity index (χ1) is 11.6. The summed E-state index contributed by atoms with van der Waals surface area (Å²) in [5.74, 6) is -0.582. The predicted octanol–water partition coefficient (Wildman–Crippen LogP) is 2.79. The minimum atomic E-state index is -0.322. The van der Waals surface area contributed by atoms with E-state index in [1.165, 1.54) is 0 Å². The minimum Gasteiger partial charge on any atom is -0.358 e. The van der Waals surface area contributed by atoms with Crippen molar-refractivity contribution in [1.82, 2.24) is 15.8 Å². The molecule has 1 heterocycles. The zero-order chi connectivity index (χ0) is 17.1. The maximum absolute atomic E-state index is 12.2. The Balaban J connectivity index is 1.67. The molecular formula is C19H19N3O2. The average molecular weight is 321 g/mol. The van der Waals surface area contributed by atoms with Gasteiger partial charge >= 0.3 is 0 Å².